The van der Waals surface area contributed by atoms with Gasteiger partial charge in [0.05, 0.1) is 0 Å². The quantitative estimate of drug-likeness (QED) is 0.160. The molecule has 0 saturated heterocycles. The number of halogens is 2. The van der Waals surface area contributed by atoms with Crippen LogP contribution in [0.5, 0.6) is 0 Å². The Kier molecular flexibility index (Phi) is 13.4. The molecule has 172 valence electrons. The molecule has 0 radical (unpaired) electrons. The molecule has 0 spiro atoms. The van der Waals surface area contributed by atoms with Gasteiger partial charge in [-0.3, -0.25) is 5.26 Å². The zero-order valence-electron chi connectivity index (χ0n) is 18.8. The second-order valence-electron chi connectivity index (χ2n) is 7.50. The van der Waals surface area contributed by atoms with E-state index >= 15 is 0 Å². The molecule has 0 aromatic heterocycles. The molecule has 3 aromatic rings. The minimum atomic E-state index is -0.556. The summed E-state index contributed by atoms with van der Waals surface area (Å²) in [5.41, 5.74) is 5.95. The molecular weight excluding hydrogens is 489 g/mol. The standard InChI is InChI=1S/C14H16N.C13H12O2.2ClH.Ti/c1-15(2)11-13-9-6-10-14(13)12-7-4-3-5-8-12;14-15-13(11-7-3-1-4-8-11)12-9-5-2-6-10-12;;;/h3-7,9H,10-11H2,1-2H3;1-10,13-14H;2*1H;/q-1;;;;+2/p-2. The maximum absolute atomic E-state index is 8.93. The van der Waals surface area contributed by atoms with Crippen molar-refractivity contribution in [2.24, 2.45) is 0 Å². The average Bonchev–Trinajstić information content (AvgIpc) is 3.30. The average molecular weight is 517 g/mol. The molecule has 0 amide bonds. The first-order valence-corrected chi connectivity index (χ1v) is 14.8. The molecule has 4 rings (SSSR count). The summed E-state index contributed by atoms with van der Waals surface area (Å²) in [6, 6.07) is 30.7. The first-order valence-electron chi connectivity index (χ1n) is 10.5. The summed E-state index contributed by atoms with van der Waals surface area (Å²) in [7, 11) is 14.0. The van der Waals surface area contributed by atoms with Gasteiger partial charge >= 0.3 is 35.6 Å². The fourth-order valence-corrected chi connectivity index (χ4v) is 3.47. The molecule has 6 heteroatoms. The van der Waals surface area contributed by atoms with Gasteiger partial charge in [-0.25, -0.2) is 4.89 Å². The van der Waals surface area contributed by atoms with Crippen LogP contribution in [0.4, 0.5) is 0 Å². The first-order chi connectivity index (χ1) is 16.1. The topological polar surface area (TPSA) is 32.7 Å². The summed E-state index contributed by atoms with van der Waals surface area (Å²) in [5, 5.41) is 8.93. The zero-order valence-corrected chi connectivity index (χ0v) is 21.9. The number of hydrogen-bond donors (Lipinski definition) is 1. The predicted octanol–water partition coefficient (Wildman–Crippen LogP) is 7.40. The molecule has 0 saturated carbocycles. The Morgan fingerprint density at radius 1 is 0.939 bits per heavy atom. The van der Waals surface area contributed by atoms with E-state index in [1.54, 1.807) is 0 Å². The second-order valence-corrected chi connectivity index (χ2v) is 10.1. The van der Waals surface area contributed by atoms with Crippen molar-refractivity contribution in [3.8, 4) is 0 Å². The van der Waals surface area contributed by atoms with Crippen LogP contribution >= 0.6 is 18.6 Å². The number of nitrogens with zero attached hydrogens (tertiary/aromatic N) is 1. The van der Waals surface area contributed by atoms with Gasteiger partial charge in [0.1, 0.15) is 6.10 Å². The van der Waals surface area contributed by atoms with E-state index in [4.69, 9.17) is 23.9 Å². The van der Waals surface area contributed by atoms with Crippen LogP contribution in [0.15, 0.2) is 103 Å². The van der Waals surface area contributed by atoms with Gasteiger partial charge in [0, 0.05) is 6.54 Å². The van der Waals surface area contributed by atoms with Crippen molar-refractivity contribution in [3.05, 3.63) is 125 Å². The van der Waals surface area contributed by atoms with Crippen LogP contribution in [-0.4, -0.2) is 30.8 Å². The van der Waals surface area contributed by atoms with E-state index in [0.29, 0.717) is 0 Å². The zero-order chi connectivity index (χ0) is 23.9. The molecule has 33 heavy (non-hydrogen) atoms. The van der Waals surface area contributed by atoms with Crippen LogP contribution in [0.3, 0.4) is 0 Å². The van der Waals surface area contributed by atoms with Gasteiger partial charge in [0.15, 0.2) is 0 Å². The molecule has 1 aliphatic rings. The van der Waals surface area contributed by atoms with Gasteiger partial charge in [-0.15, -0.1) is 41.5 Å². The molecule has 0 bridgehead atoms. The fourth-order valence-electron chi connectivity index (χ4n) is 3.47. The van der Waals surface area contributed by atoms with Gasteiger partial charge < -0.3 is 4.90 Å². The SMILES string of the molecule is CN(C)CC1=C(c2[c-]cccc2)CC=C1.OOC(c1ccccc1)c1ccccc1.[Cl][Ti][Cl]. The molecular formula is C27H28Cl2NO2Ti-. The molecule has 0 atom stereocenters. The van der Waals surface area contributed by atoms with Crippen LogP contribution in [-0.2, 0) is 21.9 Å². The Morgan fingerprint density at radius 3 is 1.94 bits per heavy atom. The number of hydrogen-bond acceptors (Lipinski definition) is 3. The van der Waals surface area contributed by atoms with Crippen LogP contribution in [0.2, 0.25) is 0 Å². The molecule has 3 nitrogen and oxygen atoms in total. The van der Waals surface area contributed by atoms with Gasteiger partial charge in [0.2, 0.25) is 0 Å². The van der Waals surface area contributed by atoms with Crippen molar-refractivity contribution in [2.75, 3.05) is 20.6 Å². The summed E-state index contributed by atoms with van der Waals surface area (Å²) in [5.74, 6) is 0. The predicted molar refractivity (Wildman–Crippen MR) is 135 cm³/mol. The van der Waals surface area contributed by atoms with Crippen LogP contribution in [0.1, 0.15) is 29.2 Å². The Hall–Kier alpha value is -1.69. The third-order valence-corrected chi connectivity index (χ3v) is 4.86. The first kappa shape index (κ1) is 27.6. The summed E-state index contributed by atoms with van der Waals surface area (Å²) in [6.07, 6.45) is 5.10. The summed E-state index contributed by atoms with van der Waals surface area (Å²) in [4.78, 5) is 6.72. The Morgan fingerprint density at radius 2 is 1.48 bits per heavy atom. The Bertz CT molecular complexity index is 941. The summed E-state index contributed by atoms with van der Waals surface area (Å²) >= 11 is -0.556. The minimum absolute atomic E-state index is 0.410. The van der Waals surface area contributed by atoms with Gasteiger partial charge in [-0.1, -0.05) is 78.4 Å². The van der Waals surface area contributed by atoms with E-state index in [0.717, 1.165) is 24.1 Å². The van der Waals surface area contributed by atoms with E-state index in [1.807, 2.05) is 72.8 Å². The van der Waals surface area contributed by atoms with E-state index in [2.05, 4.69) is 54.2 Å². The van der Waals surface area contributed by atoms with Crippen molar-refractivity contribution in [1.82, 2.24) is 4.90 Å². The van der Waals surface area contributed by atoms with E-state index in [9.17, 15) is 0 Å². The van der Waals surface area contributed by atoms with Crippen LogP contribution < -0.4 is 0 Å². The van der Waals surface area contributed by atoms with E-state index in [1.165, 1.54) is 16.7 Å². The van der Waals surface area contributed by atoms with Gasteiger partial charge in [0.25, 0.3) is 0 Å². The summed E-state index contributed by atoms with van der Waals surface area (Å²) in [6.45, 7) is 1.01. The number of rotatable bonds is 6. The summed E-state index contributed by atoms with van der Waals surface area (Å²) < 4.78 is 0. The van der Waals surface area contributed by atoms with Gasteiger partial charge in [-0.05, 0) is 31.6 Å². The monoisotopic (exact) mass is 516 g/mol. The van der Waals surface area contributed by atoms with Crippen molar-refractivity contribution in [3.63, 3.8) is 0 Å². The molecule has 0 fully saturated rings. The second kappa shape index (κ2) is 16.0. The van der Waals surface area contributed by atoms with Crippen molar-refractivity contribution in [2.45, 2.75) is 12.5 Å². The van der Waals surface area contributed by atoms with Crippen LogP contribution in [0.25, 0.3) is 5.57 Å². The van der Waals surface area contributed by atoms with E-state index < -0.39 is 23.1 Å². The van der Waals surface area contributed by atoms with Gasteiger partial charge in [-0.2, -0.15) is 0 Å². The number of benzene rings is 3. The normalized spacial score (nSPS) is 12.2. The fraction of sp³-hybridized carbons (Fsp3) is 0.185. The third-order valence-electron chi connectivity index (χ3n) is 4.86. The molecule has 3 aromatic carbocycles. The molecule has 1 aliphatic carbocycles. The molecule has 0 heterocycles. The van der Waals surface area contributed by atoms with E-state index in [-0.39, 0.29) is 0 Å². The molecule has 0 aliphatic heterocycles. The van der Waals surface area contributed by atoms with Crippen molar-refractivity contribution < 1.29 is 27.2 Å². The van der Waals surface area contributed by atoms with Crippen molar-refractivity contribution >= 4 is 24.2 Å². The Labute approximate surface area is 213 Å². The molecule has 0 unspecified atom stereocenters. The maximum atomic E-state index is 8.93. The van der Waals surface area contributed by atoms with Crippen molar-refractivity contribution in [1.29, 1.82) is 0 Å². The third kappa shape index (κ3) is 9.60. The number of allylic oxidation sites excluding steroid dienone is 2. The molecule has 1 N–H and O–H groups in total. The van der Waals surface area contributed by atoms with Crippen LogP contribution in [0, 0.1) is 6.07 Å². The Balaban J connectivity index is 0.000000209. The number of likely N-dealkylation sites (N-methyl/N-ethyl adjacent to an activating group) is 1.